The van der Waals surface area contributed by atoms with E-state index in [0.717, 1.165) is 6.42 Å². The molecule has 0 aliphatic carbocycles. The largest absolute Gasteiger partial charge is 0.385 e. The fourth-order valence-corrected chi connectivity index (χ4v) is 2.05. The summed E-state index contributed by atoms with van der Waals surface area (Å²) in [6.45, 7) is 3.78. The van der Waals surface area contributed by atoms with Gasteiger partial charge < -0.3 is 5.11 Å². The zero-order chi connectivity index (χ0) is 10.8. The van der Waals surface area contributed by atoms with Crippen molar-refractivity contribution in [1.82, 2.24) is 0 Å². The predicted molar refractivity (Wildman–Crippen MR) is 60.9 cm³/mol. The fourth-order valence-electron chi connectivity index (χ4n) is 1.54. The van der Waals surface area contributed by atoms with E-state index >= 15 is 0 Å². The molecule has 0 heterocycles. The maximum absolute atomic E-state index is 10.1. The molecule has 1 rings (SSSR count). The molecule has 0 bridgehead atoms. The third-order valence-corrected chi connectivity index (χ3v) is 3.09. The van der Waals surface area contributed by atoms with Crippen LogP contribution in [0.5, 0.6) is 0 Å². The Hall–Kier alpha value is -0.240. The highest BCUT2D eigenvalue weighted by Crippen LogP contribution is 2.35. The zero-order valence-corrected chi connectivity index (χ0v) is 9.86. The highest BCUT2D eigenvalue weighted by atomic mass is 35.5. The van der Waals surface area contributed by atoms with Crippen LogP contribution >= 0.6 is 23.2 Å². The van der Waals surface area contributed by atoms with Crippen LogP contribution in [0.4, 0.5) is 0 Å². The molecule has 1 aromatic rings. The molecule has 0 radical (unpaired) electrons. The van der Waals surface area contributed by atoms with Gasteiger partial charge in [0.05, 0.1) is 15.6 Å². The van der Waals surface area contributed by atoms with E-state index in [2.05, 4.69) is 0 Å². The Balaban J connectivity index is 3.12. The normalized spacial score (nSPS) is 15.2. The average Bonchev–Trinajstić information content (AvgIpc) is 2.09. The molecule has 1 unspecified atom stereocenters. The molecular formula is C11H14Cl2O. The van der Waals surface area contributed by atoms with Crippen LogP contribution in [0.3, 0.4) is 0 Å². The van der Waals surface area contributed by atoms with E-state index in [4.69, 9.17) is 23.2 Å². The Morgan fingerprint density at radius 3 is 2.57 bits per heavy atom. The van der Waals surface area contributed by atoms with E-state index in [1.807, 2.05) is 13.0 Å². The topological polar surface area (TPSA) is 20.2 Å². The van der Waals surface area contributed by atoms with Crippen LogP contribution in [0.25, 0.3) is 0 Å². The van der Waals surface area contributed by atoms with E-state index in [-0.39, 0.29) is 0 Å². The molecule has 0 saturated carbocycles. The Kier molecular flexibility index (Phi) is 3.82. The van der Waals surface area contributed by atoms with Gasteiger partial charge in [-0.3, -0.25) is 0 Å². The summed E-state index contributed by atoms with van der Waals surface area (Å²) >= 11 is 11.9. The van der Waals surface area contributed by atoms with Gasteiger partial charge in [-0.25, -0.2) is 0 Å². The van der Waals surface area contributed by atoms with Crippen molar-refractivity contribution in [3.63, 3.8) is 0 Å². The number of hydrogen-bond donors (Lipinski definition) is 1. The first-order valence-corrected chi connectivity index (χ1v) is 5.41. The molecule has 0 aromatic heterocycles. The van der Waals surface area contributed by atoms with E-state index < -0.39 is 5.60 Å². The van der Waals surface area contributed by atoms with E-state index in [1.165, 1.54) is 0 Å². The van der Waals surface area contributed by atoms with Crippen molar-refractivity contribution in [2.75, 3.05) is 0 Å². The lowest BCUT2D eigenvalue weighted by Crippen LogP contribution is -2.21. The van der Waals surface area contributed by atoms with Crippen molar-refractivity contribution in [2.45, 2.75) is 32.3 Å². The maximum Gasteiger partial charge on any atom is 0.0883 e. The Morgan fingerprint density at radius 2 is 2.00 bits per heavy atom. The van der Waals surface area contributed by atoms with Crippen molar-refractivity contribution < 1.29 is 5.11 Å². The molecule has 0 aliphatic heterocycles. The summed E-state index contributed by atoms with van der Waals surface area (Å²) in [5.74, 6) is 0. The summed E-state index contributed by atoms with van der Waals surface area (Å²) in [6.07, 6.45) is 1.57. The lowest BCUT2D eigenvalue weighted by molar-refractivity contribution is 0.0471. The smallest absolute Gasteiger partial charge is 0.0883 e. The quantitative estimate of drug-likeness (QED) is 0.836. The SMILES string of the molecule is CCCC(C)(O)c1cccc(Cl)c1Cl. The first-order chi connectivity index (χ1) is 6.49. The van der Waals surface area contributed by atoms with Crippen LogP contribution < -0.4 is 0 Å². The standard InChI is InChI=1S/C11H14Cl2O/c1-3-7-11(2,14)8-5-4-6-9(12)10(8)13/h4-6,14H,3,7H2,1-2H3. The Labute approximate surface area is 94.7 Å². The molecule has 0 aliphatic rings. The second-order valence-electron chi connectivity index (χ2n) is 3.63. The monoisotopic (exact) mass is 232 g/mol. The first-order valence-electron chi connectivity index (χ1n) is 4.66. The maximum atomic E-state index is 10.1. The van der Waals surface area contributed by atoms with Crippen LogP contribution in [-0.2, 0) is 5.60 Å². The molecule has 1 aromatic carbocycles. The minimum absolute atomic E-state index is 0.451. The molecule has 3 heteroatoms. The van der Waals surface area contributed by atoms with Crippen LogP contribution in [-0.4, -0.2) is 5.11 Å². The number of rotatable bonds is 3. The van der Waals surface area contributed by atoms with Gasteiger partial charge in [-0.1, -0.05) is 48.7 Å². The van der Waals surface area contributed by atoms with Gasteiger partial charge in [-0.2, -0.15) is 0 Å². The second-order valence-corrected chi connectivity index (χ2v) is 4.41. The lowest BCUT2D eigenvalue weighted by Gasteiger charge is -2.24. The molecule has 1 atom stereocenters. The minimum atomic E-state index is -0.892. The molecule has 0 amide bonds. The lowest BCUT2D eigenvalue weighted by atomic mass is 9.91. The van der Waals surface area contributed by atoms with Gasteiger partial charge in [0.15, 0.2) is 0 Å². The van der Waals surface area contributed by atoms with Gasteiger partial charge >= 0.3 is 0 Å². The van der Waals surface area contributed by atoms with E-state index in [0.29, 0.717) is 22.0 Å². The Morgan fingerprint density at radius 1 is 1.36 bits per heavy atom. The van der Waals surface area contributed by atoms with Crippen LogP contribution in [0.2, 0.25) is 10.0 Å². The molecular weight excluding hydrogens is 219 g/mol. The van der Waals surface area contributed by atoms with Gasteiger partial charge in [0, 0.05) is 5.56 Å². The highest BCUT2D eigenvalue weighted by molar-refractivity contribution is 6.42. The summed E-state index contributed by atoms with van der Waals surface area (Å²) in [5.41, 5.74) is -0.190. The molecule has 14 heavy (non-hydrogen) atoms. The van der Waals surface area contributed by atoms with Crippen LogP contribution in [0.15, 0.2) is 18.2 Å². The predicted octanol–water partition coefficient (Wildman–Crippen LogP) is 4.00. The van der Waals surface area contributed by atoms with Gasteiger partial charge in [-0.15, -0.1) is 0 Å². The third kappa shape index (κ3) is 2.41. The van der Waals surface area contributed by atoms with Crippen molar-refractivity contribution in [2.24, 2.45) is 0 Å². The van der Waals surface area contributed by atoms with Gasteiger partial charge in [0.1, 0.15) is 0 Å². The number of benzene rings is 1. The highest BCUT2D eigenvalue weighted by Gasteiger charge is 2.25. The number of hydrogen-bond acceptors (Lipinski definition) is 1. The van der Waals surface area contributed by atoms with Gasteiger partial charge in [-0.05, 0) is 19.4 Å². The molecule has 0 fully saturated rings. The van der Waals surface area contributed by atoms with Crippen molar-refractivity contribution in [3.05, 3.63) is 33.8 Å². The third-order valence-electron chi connectivity index (χ3n) is 2.27. The van der Waals surface area contributed by atoms with Gasteiger partial charge in [0.2, 0.25) is 0 Å². The van der Waals surface area contributed by atoms with Crippen LogP contribution in [0, 0.1) is 0 Å². The molecule has 1 nitrogen and oxygen atoms in total. The van der Waals surface area contributed by atoms with Crippen molar-refractivity contribution >= 4 is 23.2 Å². The number of halogens is 2. The molecule has 0 saturated heterocycles. The second kappa shape index (κ2) is 4.52. The molecule has 0 spiro atoms. The van der Waals surface area contributed by atoms with Crippen molar-refractivity contribution in [3.8, 4) is 0 Å². The first kappa shape index (κ1) is 11.8. The van der Waals surface area contributed by atoms with Crippen molar-refractivity contribution in [1.29, 1.82) is 0 Å². The summed E-state index contributed by atoms with van der Waals surface area (Å²) in [7, 11) is 0. The molecule has 1 N–H and O–H groups in total. The summed E-state index contributed by atoms with van der Waals surface area (Å²) in [6, 6.07) is 5.33. The molecule has 78 valence electrons. The summed E-state index contributed by atoms with van der Waals surface area (Å²) < 4.78 is 0. The Bertz CT molecular complexity index is 321. The zero-order valence-electron chi connectivity index (χ0n) is 8.35. The summed E-state index contributed by atoms with van der Waals surface area (Å²) in [5, 5.41) is 11.1. The average molecular weight is 233 g/mol. The van der Waals surface area contributed by atoms with Crippen LogP contribution in [0.1, 0.15) is 32.3 Å². The van der Waals surface area contributed by atoms with E-state index in [1.54, 1.807) is 19.1 Å². The van der Waals surface area contributed by atoms with E-state index in [9.17, 15) is 5.11 Å². The summed E-state index contributed by atoms with van der Waals surface area (Å²) in [4.78, 5) is 0. The minimum Gasteiger partial charge on any atom is -0.385 e. The number of aliphatic hydroxyl groups is 1. The van der Waals surface area contributed by atoms with Gasteiger partial charge in [0.25, 0.3) is 0 Å². The fraction of sp³-hybridized carbons (Fsp3) is 0.455.